The molecule has 0 aliphatic heterocycles. The summed E-state index contributed by atoms with van der Waals surface area (Å²) < 4.78 is 4.77. The number of nitrogens with one attached hydrogen (secondary N) is 1. The van der Waals surface area contributed by atoms with Crippen LogP contribution in [0.2, 0.25) is 0 Å². The van der Waals surface area contributed by atoms with E-state index in [9.17, 15) is 4.79 Å². The van der Waals surface area contributed by atoms with E-state index < -0.39 is 6.09 Å². The highest BCUT2D eigenvalue weighted by molar-refractivity contribution is 5.67. The van der Waals surface area contributed by atoms with Crippen molar-refractivity contribution < 1.29 is 9.53 Å². The lowest BCUT2D eigenvalue weighted by Gasteiger charge is -2.21. The third-order valence-electron chi connectivity index (χ3n) is 2.80. The molecule has 90 valence electrons. The summed E-state index contributed by atoms with van der Waals surface area (Å²) in [4.78, 5) is 14.1. The molecule has 0 radical (unpaired) electrons. The molecule has 1 amide bonds. The van der Waals surface area contributed by atoms with E-state index in [1.165, 1.54) is 0 Å². The predicted molar refractivity (Wildman–Crippen MR) is 58.6 cm³/mol. The zero-order valence-electron chi connectivity index (χ0n) is 9.46. The molecule has 1 aliphatic carbocycles. The minimum Gasteiger partial charge on any atom is -0.450 e. The van der Waals surface area contributed by atoms with Crippen LogP contribution in [-0.2, 0) is 4.74 Å². The lowest BCUT2D eigenvalue weighted by atomic mass is 10.1. The second-order valence-corrected chi connectivity index (χ2v) is 3.96. The Balaban J connectivity index is 2.67. The third-order valence-corrected chi connectivity index (χ3v) is 2.80. The fraction of sp³-hybridized carbons (Fsp3) is 0.889. The Morgan fingerprint density at radius 1 is 1.75 bits per heavy atom. The molecule has 0 aromatic carbocycles. The Hall–Kier alpha value is -1.46. The maximum absolute atomic E-state index is 11.3. The van der Waals surface area contributed by atoms with Gasteiger partial charge in [0.15, 0.2) is 0 Å². The molecule has 0 aromatic heterocycles. The molecule has 0 saturated heterocycles. The van der Waals surface area contributed by atoms with Gasteiger partial charge < -0.3 is 15.8 Å². The average molecular weight is 227 g/mol. The molecular formula is C9H17N5O2. The number of nitrogens with two attached hydrogens (primary N) is 1. The number of amides is 1. The van der Waals surface area contributed by atoms with E-state index >= 15 is 0 Å². The molecule has 4 atom stereocenters. The van der Waals surface area contributed by atoms with Gasteiger partial charge in [0.2, 0.25) is 0 Å². The lowest BCUT2D eigenvalue weighted by molar-refractivity contribution is 0.146. The SMILES string of the molecule is CCOC(=O)N[C@H]1[C@H](N=[N+]=[N-])[C@@H](C)C[C@H]1N. The first-order valence-corrected chi connectivity index (χ1v) is 5.33. The lowest BCUT2D eigenvalue weighted by Crippen LogP contribution is -2.49. The highest BCUT2D eigenvalue weighted by Gasteiger charge is 2.39. The standard InChI is InChI=1S/C9H17N5O2/c1-3-16-9(15)12-8-6(10)4-5(2)7(8)13-14-11/h5-8H,3-4,10H2,1-2H3,(H,12,15)/t5-,6+,7+,8+/m0/s1. The summed E-state index contributed by atoms with van der Waals surface area (Å²) in [5.41, 5.74) is 14.3. The molecule has 0 bridgehead atoms. The van der Waals surface area contributed by atoms with Crippen LogP contribution in [0.1, 0.15) is 20.3 Å². The Kier molecular flexibility index (Phi) is 4.39. The van der Waals surface area contributed by atoms with Crippen LogP contribution >= 0.6 is 0 Å². The fourth-order valence-electron chi connectivity index (χ4n) is 2.07. The Labute approximate surface area is 94.0 Å². The Morgan fingerprint density at radius 2 is 2.44 bits per heavy atom. The monoisotopic (exact) mass is 227 g/mol. The van der Waals surface area contributed by atoms with E-state index in [2.05, 4.69) is 15.3 Å². The molecule has 16 heavy (non-hydrogen) atoms. The minimum absolute atomic E-state index is 0.165. The first-order valence-electron chi connectivity index (χ1n) is 5.33. The van der Waals surface area contributed by atoms with Crippen LogP contribution < -0.4 is 11.1 Å². The van der Waals surface area contributed by atoms with Crippen molar-refractivity contribution >= 4 is 6.09 Å². The maximum atomic E-state index is 11.3. The molecule has 1 aliphatic rings. The van der Waals surface area contributed by atoms with Gasteiger partial charge in [0, 0.05) is 11.0 Å². The van der Waals surface area contributed by atoms with Gasteiger partial charge in [0.25, 0.3) is 0 Å². The van der Waals surface area contributed by atoms with Crippen LogP contribution in [0.4, 0.5) is 4.79 Å². The largest absolute Gasteiger partial charge is 0.450 e. The maximum Gasteiger partial charge on any atom is 0.407 e. The molecule has 0 aromatic rings. The van der Waals surface area contributed by atoms with Crippen molar-refractivity contribution in [3.05, 3.63) is 10.4 Å². The fourth-order valence-corrected chi connectivity index (χ4v) is 2.07. The van der Waals surface area contributed by atoms with E-state index in [0.717, 1.165) is 6.42 Å². The highest BCUT2D eigenvalue weighted by atomic mass is 16.5. The van der Waals surface area contributed by atoms with Crippen LogP contribution in [0.25, 0.3) is 10.4 Å². The van der Waals surface area contributed by atoms with Gasteiger partial charge in [-0.05, 0) is 24.8 Å². The molecule has 0 spiro atoms. The Morgan fingerprint density at radius 3 is 3.00 bits per heavy atom. The van der Waals surface area contributed by atoms with Gasteiger partial charge in [0.1, 0.15) is 0 Å². The smallest absolute Gasteiger partial charge is 0.407 e. The summed E-state index contributed by atoms with van der Waals surface area (Å²) in [7, 11) is 0. The van der Waals surface area contributed by atoms with Gasteiger partial charge in [0.05, 0.1) is 18.7 Å². The molecule has 7 heteroatoms. The van der Waals surface area contributed by atoms with Gasteiger partial charge >= 0.3 is 6.09 Å². The van der Waals surface area contributed by atoms with E-state index in [-0.39, 0.29) is 24.0 Å². The molecule has 1 saturated carbocycles. The highest BCUT2D eigenvalue weighted by Crippen LogP contribution is 2.27. The van der Waals surface area contributed by atoms with E-state index in [1.54, 1.807) is 6.92 Å². The number of carbonyl (C=O) groups is 1. The van der Waals surface area contributed by atoms with Crippen molar-refractivity contribution in [2.75, 3.05) is 6.61 Å². The summed E-state index contributed by atoms with van der Waals surface area (Å²) in [5, 5.41) is 6.32. The van der Waals surface area contributed by atoms with Crippen LogP contribution in [0.15, 0.2) is 5.11 Å². The van der Waals surface area contributed by atoms with Crippen molar-refractivity contribution in [3.8, 4) is 0 Å². The zero-order valence-corrected chi connectivity index (χ0v) is 9.46. The second kappa shape index (κ2) is 5.58. The van der Waals surface area contributed by atoms with Crippen LogP contribution in [0.5, 0.6) is 0 Å². The van der Waals surface area contributed by atoms with Crippen molar-refractivity contribution in [2.45, 2.75) is 38.4 Å². The van der Waals surface area contributed by atoms with Crippen LogP contribution in [0, 0.1) is 5.92 Å². The van der Waals surface area contributed by atoms with E-state index in [1.807, 2.05) is 6.92 Å². The van der Waals surface area contributed by atoms with Crippen LogP contribution in [-0.4, -0.2) is 30.8 Å². The van der Waals surface area contributed by atoms with Crippen molar-refractivity contribution in [1.82, 2.24) is 5.32 Å². The quantitative estimate of drug-likeness (QED) is 0.428. The van der Waals surface area contributed by atoms with Crippen LogP contribution in [0.3, 0.4) is 0 Å². The van der Waals surface area contributed by atoms with Gasteiger partial charge in [-0.25, -0.2) is 4.79 Å². The molecule has 0 heterocycles. The number of alkyl carbamates (subject to hydrolysis) is 1. The van der Waals surface area contributed by atoms with Crippen molar-refractivity contribution in [3.63, 3.8) is 0 Å². The normalized spacial score (nSPS) is 32.9. The second-order valence-electron chi connectivity index (χ2n) is 3.96. The third kappa shape index (κ3) is 2.77. The molecule has 7 nitrogen and oxygen atoms in total. The zero-order chi connectivity index (χ0) is 12.1. The number of rotatable bonds is 3. The molecular weight excluding hydrogens is 210 g/mol. The topological polar surface area (TPSA) is 113 Å². The first-order chi connectivity index (χ1) is 7.60. The summed E-state index contributed by atoms with van der Waals surface area (Å²) in [5.74, 6) is 0.165. The summed E-state index contributed by atoms with van der Waals surface area (Å²) in [6.07, 6.45) is 0.205. The average Bonchev–Trinajstić information content (AvgIpc) is 2.46. The van der Waals surface area contributed by atoms with E-state index in [0.29, 0.717) is 6.61 Å². The minimum atomic E-state index is -0.518. The van der Waals surface area contributed by atoms with Crippen molar-refractivity contribution in [1.29, 1.82) is 0 Å². The van der Waals surface area contributed by atoms with Crippen molar-refractivity contribution in [2.24, 2.45) is 16.8 Å². The van der Waals surface area contributed by atoms with Gasteiger partial charge in [-0.1, -0.05) is 12.0 Å². The summed E-state index contributed by atoms with van der Waals surface area (Å²) in [6.45, 7) is 3.98. The summed E-state index contributed by atoms with van der Waals surface area (Å²) >= 11 is 0. The van der Waals surface area contributed by atoms with Gasteiger partial charge in [-0.2, -0.15) is 0 Å². The number of hydrogen-bond acceptors (Lipinski definition) is 4. The number of hydrogen-bond donors (Lipinski definition) is 2. The van der Waals surface area contributed by atoms with Gasteiger partial charge in [-0.3, -0.25) is 0 Å². The van der Waals surface area contributed by atoms with E-state index in [4.69, 9.17) is 16.0 Å². The molecule has 0 unspecified atom stereocenters. The van der Waals surface area contributed by atoms with Gasteiger partial charge in [-0.15, -0.1) is 0 Å². The number of carbonyl (C=O) groups excluding carboxylic acids is 1. The Bertz CT molecular complexity index is 302. The summed E-state index contributed by atoms with van der Waals surface area (Å²) in [6, 6.07) is -0.843. The number of azide groups is 1. The molecule has 1 rings (SSSR count). The number of nitrogens with zero attached hydrogens (tertiary/aromatic N) is 3. The molecule has 3 N–H and O–H groups in total. The molecule has 1 fully saturated rings. The first kappa shape index (κ1) is 12.6. The predicted octanol–water partition coefficient (Wildman–Crippen LogP) is 1.15. The number of ether oxygens (including phenoxy) is 1.